The normalized spacial score (nSPS) is 22.5. The minimum atomic E-state index is 0.465. The summed E-state index contributed by atoms with van der Waals surface area (Å²) in [5.74, 6) is 0.845. The Labute approximate surface area is 83.5 Å². The van der Waals surface area contributed by atoms with Crippen molar-refractivity contribution in [1.82, 2.24) is 20.1 Å². The fourth-order valence-corrected chi connectivity index (χ4v) is 1.60. The van der Waals surface area contributed by atoms with E-state index in [0.717, 1.165) is 32.0 Å². The molecule has 0 aliphatic carbocycles. The average Bonchev–Trinajstić information content (AvgIpc) is 2.63. The molecule has 0 bridgehead atoms. The number of nitrogens with zero attached hydrogens (tertiary/aromatic N) is 3. The van der Waals surface area contributed by atoms with E-state index in [1.54, 1.807) is 11.0 Å². The molecule has 1 N–H and O–H groups in total. The van der Waals surface area contributed by atoms with Crippen molar-refractivity contribution in [2.24, 2.45) is 7.05 Å². The predicted molar refractivity (Wildman–Crippen MR) is 51.7 cm³/mol. The highest BCUT2D eigenvalue weighted by molar-refractivity contribution is 4.82. The summed E-state index contributed by atoms with van der Waals surface area (Å²) in [6.45, 7) is 2.45. The molecule has 1 aliphatic heterocycles. The van der Waals surface area contributed by atoms with Crippen LogP contribution in [-0.2, 0) is 18.3 Å². The Morgan fingerprint density at radius 2 is 2.64 bits per heavy atom. The highest BCUT2D eigenvalue weighted by atomic mass is 16.5. The zero-order chi connectivity index (χ0) is 9.80. The molecule has 0 amide bonds. The first kappa shape index (κ1) is 9.61. The minimum Gasteiger partial charge on any atom is -0.380 e. The Kier molecular flexibility index (Phi) is 3.10. The van der Waals surface area contributed by atoms with E-state index in [9.17, 15) is 0 Å². The third-order valence-corrected chi connectivity index (χ3v) is 2.36. The van der Waals surface area contributed by atoms with Gasteiger partial charge in [0, 0.05) is 19.7 Å². The van der Waals surface area contributed by atoms with Crippen LogP contribution in [0.25, 0.3) is 0 Å². The smallest absolute Gasteiger partial charge is 0.164 e. The molecule has 5 nitrogen and oxygen atoms in total. The molecule has 5 heteroatoms. The van der Waals surface area contributed by atoms with E-state index < -0.39 is 0 Å². The molecule has 1 atom stereocenters. The minimum absolute atomic E-state index is 0.465. The van der Waals surface area contributed by atoms with Crippen LogP contribution < -0.4 is 5.32 Å². The molecule has 0 spiro atoms. The summed E-state index contributed by atoms with van der Waals surface area (Å²) in [6.07, 6.45) is 4.05. The highest BCUT2D eigenvalue weighted by Crippen LogP contribution is 2.05. The quantitative estimate of drug-likeness (QED) is 0.744. The molecule has 1 saturated heterocycles. The molecule has 1 fully saturated rings. The van der Waals surface area contributed by atoms with Crippen LogP contribution in [0, 0.1) is 0 Å². The van der Waals surface area contributed by atoms with Crippen LogP contribution in [-0.4, -0.2) is 34.0 Å². The number of hydrogen-bond donors (Lipinski definition) is 1. The molecule has 0 saturated carbocycles. The van der Waals surface area contributed by atoms with Gasteiger partial charge in [0.15, 0.2) is 5.82 Å². The Morgan fingerprint density at radius 1 is 1.71 bits per heavy atom. The lowest BCUT2D eigenvalue weighted by molar-refractivity contribution is 0.0697. The lowest BCUT2D eigenvalue weighted by Gasteiger charge is -2.22. The van der Waals surface area contributed by atoms with Gasteiger partial charge in [-0.2, -0.15) is 5.10 Å². The Bertz CT molecular complexity index is 280. The van der Waals surface area contributed by atoms with E-state index in [0.29, 0.717) is 6.04 Å². The SMILES string of the molecule is Cn1cnc(CNC2CCCOC2)n1. The van der Waals surface area contributed by atoms with E-state index in [4.69, 9.17) is 4.74 Å². The molecule has 14 heavy (non-hydrogen) atoms. The fraction of sp³-hybridized carbons (Fsp3) is 0.778. The highest BCUT2D eigenvalue weighted by Gasteiger charge is 2.13. The molecule has 0 radical (unpaired) electrons. The first-order valence-corrected chi connectivity index (χ1v) is 5.00. The molecule has 2 rings (SSSR count). The summed E-state index contributed by atoms with van der Waals surface area (Å²) < 4.78 is 7.08. The van der Waals surface area contributed by atoms with E-state index in [1.165, 1.54) is 6.42 Å². The van der Waals surface area contributed by atoms with E-state index in [1.807, 2.05) is 7.05 Å². The fourth-order valence-electron chi connectivity index (χ4n) is 1.60. The van der Waals surface area contributed by atoms with Crippen molar-refractivity contribution in [2.45, 2.75) is 25.4 Å². The number of hydrogen-bond acceptors (Lipinski definition) is 4. The molecule has 1 aromatic heterocycles. The van der Waals surface area contributed by atoms with Gasteiger partial charge in [-0.05, 0) is 12.8 Å². The number of rotatable bonds is 3. The van der Waals surface area contributed by atoms with Crippen molar-refractivity contribution in [3.8, 4) is 0 Å². The van der Waals surface area contributed by atoms with Gasteiger partial charge >= 0.3 is 0 Å². The van der Waals surface area contributed by atoms with Crippen molar-refractivity contribution in [1.29, 1.82) is 0 Å². The molecule has 2 heterocycles. The van der Waals surface area contributed by atoms with Crippen LogP contribution in [0.4, 0.5) is 0 Å². The third-order valence-electron chi connectivity index (χ3n) is 2.36. The molecule has 1 aromatic rings. The largest absolute Gasteiger partial charge is 0.380 e. The van der Waals surface area contributed by atoms with Crippen LogP contribution >= 0.6 is 0 Å². The second kappa shape index (κ2) is 4.52. The van der Waals surface area contributed by atoms with Crippen LogP contribution in [0.3, 0.4) is 0 Å². The monoisotopic (exact) mass is 196 g/mol. The molecular formula is C9H16N4O. The first-order chi connectivity index (χ1) is 6.84. The lowest BCUT2D eigenvalue weighted by Crippen LogP contribution is -2.36. The van der Waals surface area contributed by atoms with Gasteiger partial charge in [-0.15, -0.1) is 0 Å². The molecule has 1 unspecified atom stereocenters. The van der Waals surface area contributed by atoms with Gasteiger partial charge in [-0.1, -0.05) is 0 Å². The number of aryl methyl sites for hydroxylation is 1. The van der Waals surface area contributed by atoms with Gasteiger partial charge in [0.2, 0.25) is 0 Å². The lowest BCUT2D eigenvalue weighted by atomic mass is 10.1. The molecule has 1 aliphatic rings. The van der Waals surface area contributed by atoms with Crippen molar-refractivity contribution in [2.75, 3.05) is 13.2 Å². The average molecular weight is 196 g/mol. The summed E-state index contributed by atoms with van der Waals surface area (Å²) in [7, 11) is 1.88. The molecule has 78 valence electrons. The number of aromatic nitrogens is 3. The molecular weight excluding hydrogens is 180 g/mol. The summed E-state index contributed by atoms with van der Waals surface area (Å²) in [5, 5.41) is 7.59. The van der Waals surface area contributed by atoms with Crippen molar-refractivity contribution < 1.29 is 4.74 Å². The van der Waals surface area contributed by atoms with Gasteiger partial charge < -0.3 is 10.1 Å². The zero-order valence-electron chi connectivity index (χ0n) is 8.44. The maximum absolute atomic E-state index is 5.37. The summed E-state index contributed by atoms with van der Waals surface area (Å²) in [4.78, 5) is 4.15. The van der Waals surface area contributed by atoms with Crippen molar-refractivity contribution >= 4 is 0 Å². The Balaban J connectivity index is 1.76. The first-order valence-electron chi connectivity index (χ1n) is 5.00. The van der Waals surface area contributed by atoms with Gasteiger partial charge in [-0.25, -0.2) is 4.98 Å². The van der Waals surface area contributed by atoms with E-state index in [-0.39, 0.29) is 0 Å². The molecule has 0 aromatic carbocycles. The second-order valence-electron chi connectivity index (χ2n) is 3.63. The summed E-state index contributed by atoms with van der Waals surface area (Å²) in [6, 6.07) is 0.465. The van der Waals surface area contributed by atoms with E-state index >= 15 is 0 Å². The zero-order valence-corrected chi connectivity index (χ0v) is 8.44. The third kappa shape index (κ3) is 2.52. The predicted octanol–water partition coefficient (Wildman–Crippen LogP) is 0.0837. The van der Waals surface area contributed by atoms with Gasteiger partial charge in [-0.3, -0.25) is 4.68 Å². The second-order valence-corrected chi connectivity index (χ2v) is 3.63. The standard InChI is InChI=1S/C9H16N4O/c1-13-7-11-9(12-13)5-10-8-3-2-4-14-6-8/h7-8,10H,2-6H2,1H3. The van der Waals surface area contributed by atoms with Crippen molar-refractivity contribution in [3.05, 3.63) is 12.2 Å². The van der Waals surface area contributed by atoms with E-state index in [2.05, 4.69) is 15.4 Å². The topological polar surface area (TPSA) is 52.0 Å². The summed E-state index contributed by atoms with van der Waals surface area (Å²) in [5.41, 5.74) is 0. The number of ether oxygens (including phenoxy) is 1. The van der Waals surface area contributed by atoms with Crippen molar-refractivity contribution in [3.63, 3.8) is 0 Å². The summed E-state index contributed by atoms with van der Waals surface area (Å²) >= 11 is 0. The van der Waals surface area contributed by atoms with Gasteiger partial charge in [0.1, 0.15) is 6.33 Å². The maximum atomic E-state index is 5.37. The van der Waals surface area contributed by atoms with Crippen LogP contribution in [0.5, 0.6) is 0 Å². The van der Waals surface area contributed by atoms with Gasteiger partial charge in [0.05, 0.1) is 13.2 Å². The number of nitrogens with one attached hydrogen (secondary N) is 1. The van der Waals surface area contributed by atoms with Crippen LogP contribution in [0.2, 0.25) is 0 Å². The van der Waals surface area contributed by atoms with Crippen LogP contribution in [0.1, 0.15) is 18.7 Å². The van der Waals surface area contributed by atoms with Gasteiger partial charge in [0.25, 0.3) is 0 Å². The maximum Gasteiger partial charge on any atom is 0.164 e. The Hall–Kier alpha value is -0.940. The van der Waals surface area contributed by atoms with Crippen LogP contribution in [0.15, 0.2) is 6.33 Å². The Morgan fingerprint density at radius 3 is 3.29 bits per heavy atom.